The second kappa shape index (κ2) is 14.7. The Labute approximate surface area is 324 Å². The molecular formula is C48H62N2O2S. The van der Waals surface area contributed by atoms with Gasteiger partial charge in [0.2, 0.25) is 0 Å². The average molecular weight is 731 g/mol. The summed E-state index contributed by atoms with van der Waals surface area (Å²) in [4.78, 5) is 30.6. The third-order valence-corrected chi connectivity index (χ3v) is 12.0. The van der Waals surface area contributed by atoms with E-state index in [0.717, 1.165) is 33.7 Å². The Kier molecular flexibility index (Phi) is 11.2. The number of thiophene rings is 1. The molecule has 2 atom stereocenters. The van der Waals surface area contributed by atoms with Crippen LogP contribution in [0.2, 0.25) is 0 Å². The molecule has 0 radical (unpaired) electrons. The zero-order chi connectivity index (χ0) is 39.3. The molecule has 0 fully saturated rings. The van der Waals surface area contributed by atoms with Gasteiger partial charge in [-0.2, -0.15) is 0 Å². The molecule has 5 heteroatoms. The van der Waals surface area contributed by atoms with E-state index in [-0.39, 0.29) is 56.9 Å². The zero-order valence-electron chi connectivity index (χ0n) is 34.6. The molecule has 4 nitrogen and oxygen atoms in total. The topological polar surface area (TPSA) is 58.2 Å². The number of hydrogen-bond donors (Lipinski definition) is 2. The summed E-state index contributed by atoms with van der Waals surface area (Å²) in [5.41, 5.74) is 6.94. The Bertz CT molecular complexity index is 1750. The molecule has 1 aromatic heterocycles. The van der Waals surface area contributed by atoms with Gasteiger partial charge in [-0.25, -0.2) is 0 Å². The van der Waals surface area contributed by atoms with Gasteiger partial charge in [-0.15, -0.1) is 11.3 Å². The highest BCUT2D eigenvalue weighted by Gasteiger charge is 2.40. The van der Waals surface area contributed by atoms with Crippen LogP contribution in [0.4, 0.5) is 11.4 Å². The average Bonchev–Trinajstić information content (AvgIpc) is 3.53. The smallest absolute Gasteiger partial charge is 0.185 e. The lowest BCUT2D eigenvalue weighted by Gasteiger charge is -2.36. The standard InChI is InChI=1S/C48H62N2O2S/c1-45(2,3)35-25-31(26-36(43(35)51)46(4,5)6)41(29-15-19-33(49-13)20-16-29)39-23-24-40(53-39)42(30-17-21-34(50-14)22-18-30)32-27-37(47(7,8)9)44(52)38(28-32)48(10,11)12/h15-28,31-32,41-42,49-50H,1-14H3. The van der Waals surface area contributed by atoms with Crippen LogP contribution in [0, 0.1) is 33.5 Å². The summed E-state index contributed by atoms with van der Waals surface area (Å²) in [6.07, 6.45) is 9.02. The summed E-state index contributed by atoms with van der Waals surface area (Å²) >= 11 is 1.86. The quantitative estimate of drug-likeness (QED) is 0.242. The van der Waals surface area contributed by atoms with Gasteiger partial charge in [-0.1, -0.05) is 132 Å². The first-order valence-corrected chi connectivity index (χ1v) is 20.0. The fourth-order valence-electron chi connectivity index (χ4n) is 7.78. The molecule has 2 aliphatic carbocycles. The highest BCUT2D eigenvalue weighted by molar-refractivity contribution is 7.12. The number of ketones is 2. The van der Waals surface area contributed by atoms with Crippen molar-refractivity contribution in [1.82, 2.24) is 0 Å². The van der Waals surface area contributed by atoms with Crippen molar-refractivity contribution in [3.8, 4) is 0 Å². The first kappa shape index (κ1) is 40.2. The van der Waals surface area contributed by atoms with Crippen LogP contribution in [0.5, 0.6) is 0 Å². The van der Waals surface area contributed by atoms with Gasteiger partial charge in [0.05, 0.1) is 0 Å². The number of Topliss-reactive ketones (excluding diaryl/α,β-unsaturated/α-hetero) is 2. The third kappa shape index (κ3) is 8.56. The van der Waals surface area contributed by atoms with E-state index in [1.165, 1.54) is 20.9 Å². The Morgan fingerprint density at radius 2 is 0.717 bits per heavy atom. The molecule has 0 amide bonds. The van der Waals surface area contributed by atoms with Gasteiger partial charge in [0.25, 0.3) is 0 Å². The van der Waals surface area contributed by atoms with Crippen LogP contribution in [-0.4, -0.2) is 25.7 Å². The Morgan fingerprint density at radius 1 is 0.453 bits per heavy atom. The van der Waals surface area contributed by atoms with Gasteiger partial charge < -0.3 is 10.6 Å². The molecular weight excluding hydrogens is 669 g/mol. The monoisotopic (exact) mass is 730 g/mol. The van der Waals surface area contributed by atoms with Crippen LogP contribution in [-0.2, 0) is 9.59 Å². The van der Waals surface area contributed by atoms with Crippen molar-refractivity contribution in [2.75, 3.05) is 24.7 Å². The highest BCUT2D eigenvalue weighted by Crippen LogP contribution is 2.50. The first-order chi connectivity index (χ1) is 24.5. The normalized spacial score (nSPS) is 17.8. The predicted molar refractivity (Wildman–Crippen MR) is 227 cm³/mol. The molecule has 53 heavy (non-hydrogen) atoms. The minimum atomic E-state index is -0.293. The molecule has 5 rings (SSSR count). The highest BCUT2D eigenvalue weighted by atomic mass is 32.1. The number of hydrogen-bond acceptors (Lipinski definition) is 5. The molecule has 0 spiro atoms. The van der Waals surface area contributed by atoms with E-state index in [2.05, 4.69) is 179 Å². The van der Waals surface area contributed by atoms with Crippen molar-refractivity contribution in [2.45, 2.75) is 94.9 Å². The van der Waals surface area contributed by atoms with E-state index >= 15 is 0 Å². The summed E-state index contributed by atoms with van der Waals surface area (Å²) in [7, 11) is 3.89. The van der Waals surface area contributed by atoms with Crippen LogP contribution in [0.15, 0.2) is 107 Å². The zero-order valence-corrected chi connectivity index (χ0v) is 35.4. The number of allylic oxidation sites excluding steroid dienone is 8. The van der Waals surface area contributed by atoms with Crippen LogP contribution in [0.1, 0.15) is 116 Å². The van der Waals surface area contributed by atoms with Crippen LogP contribution in [0.3, 0.4) is 0 Å². The molecule has 0 saturated carbocycles. The van der Waals surface area contributed by atoms with E-state index in [9.17, 15) is 9.59 Å². The summed E-state index contributed by atoms with van der Waals surface area (Å²) in [5, 5.41) is 6.56. The van der Waals surface area contributed by atoms with Crippen molar-refractivity contribution in [2.24, 2.45) is 33.5 Å². The molecule has 0 bridgehead atoms. The Morgan fingerprint density at radius 3 is 0.943 bits per heavy atom. The van der Waals surface area contributed by atoms with E-state index < -0.39 is 0 Å². The SMILES string of the molecule is CNc1ccc(C(c2ccc(C(c3ccc(NC)cc3)C3C=C(C(C)(C)C)C(=O)C(C(C)(C)C)=C3)s2)C2C=C(C(C)(C)C)C(=O)C(C(C)(C)C)=C2)cc1. The summed E-state index contributed by atoms with van der Waals surface area (Å²) in [6, 6.07) is 22.2. The van der Waals surface area contributed by atoms with Crippen molar-refractivity contribution in [3.63, 3.8) is 0 Å². The van der Waals surface area contributed by atoms with Gasteiger partial charge in [0, 0.05) is 81.2 Å². The van der Waals surface area contributed by atoms with E-state index in [1.54, 1.807) is 0 Å². The third-order valence-electron chi connectivity index (χ3n) is 10.8. The summed E-state index contributed by atoms with van der Waals surface area (Å²) in [5.74, 6) is 0.314. The van der Waals surface area contributed by atoms with Crippen molar-refractivity contribution in [3.05, 3.63) is 128 Å². The minimum absolute atomic E-state index is 0.00376. The van der Waals surface area contributed by atoms with Gasteiger partial charge in [0.1, 0.15) is 0 Å². The number of rotatable bonds is 8. The fraction of sp³-hybridized carbons (Fsp3) is 0.458. The number of anilines is 2. The van der Waals surface area contributed by atoms with Gasteiger partial charge >= 0.3 is 0 Å². The van der Waals surface area contributed by atoms with Gasteiger partial charge in [-0.05, 0) is 69.2 Å². The lowest BCUT2D eigenvalue weighted by Crippen LogP contribution is -2.31. The minimum Gasteiger partial charge on any atom is -0.388 e. The second-order valence-corrected chi connectivity index (χ2v) is 20.2. The van der Waals surface area contributed by atoms with Crippen LogP contribution < -0.4 is 10.6 Å². The van der Waals surface area contributed by atoms with Gasteiger partial charge in [0.15, 0.2) is 11.6 Å². The molecule has 2 aromatic carbocycles. The second-order valence-electron chi connectivity index (χ2n) is 19.1. The molecule has 0 aliphatic heterocycles. The van der Waals surface area contributed by atoms with Crippen LogP contribution in [0.25, 0.3) is 0 Å². The fourth-order valence-corrected chi connectivity index (χ4v) is 9.16. The van der Waals surface area contributed by atoms with E-state index in [1.807, 2.05) is 25.4 Å². The molecule has 2 N–H and O–H groups in total. The number of benzene rings is 2. The first-order valence-electron chi connectivity index (χ1n) is 19.2. The van der Waals surface area contributed by atoms with E-state index in [4.69, 9.17) is 0 Å². The molecule has 2 aliphatic rings. The maximum atomic E-state index is 14.1. The lowest BCUT2D eigenvalue weighted by molar-refractivity contribution is -0.115. The summed E-state index contributed by atoms with van der Waals surface area (Å²) in [6.45, 7) is 25.8. The maximum Gasteiger partial charge on any atom is 0.185 e. The van der Waals surface area contributed by atoms with E-state index in [0.29, 0.717) is 0 Å². The molecule has 1 heterocycles. The van der Waals surface area contributed by atoms with Crippen molar-refractivity contribution >= 4 is 34.3 Å². The molecule has 282 valence electrons. The number of carbonyl (C=O) groups is 2. The Balaban J connectivity index is 1.75. The van der Waals surface area contributed by atoms with Crippen LogP contribution >= 0.6 is 11.3 Å². The van der Waals surface area contributed by atoms with Crippen molar-refractivity contribution < 1.29 is 9.59 Å². The van der Waals surface area contributed by atoms with Crippen molar-refractivity contribution in [1.29, 1.82) is 0 Å². The number of carbonyl (C=O) groups excluding carboxylic acids is 2. The number of nitrogens with one attached hydrogen (secondary N) is 2. The summed E-state index contributed by atoms with van der Waals surface area (Å²) < 4.78 is 0. The predicted octanol–water partition coefficient (Wildman–Crippen LogP) is 12.4. The lowest BCUT2D eigenvalue weighted by atomic mass is 9.68. The molecule has 0 saturated heterocycles. The molecule has 3 aromatic rings. The molecule has 2 unspecified atom stereocenters. The maximum absolute atomic E-state index is 14.1. The largest absolute Gasteiger partial charge is 0.388 e. The Hall–Kier alpha value is -3.96. The van der Waals surface area contributed by atoms with Gasteiger partial charge in [-0.3, -0.25) is 9.59 Å².